The van der Waals surface area contributed by atoms with E-state index in [2.05, 4.69) is 19.5 Å². The van der Waals surface area contributed by atoms with Crippen molar-refractivity contribution in [3.63, 3.8) is 0 Å². The summed E-state index contributed by atoms with van der Waals surface area (Å²) in [6.45, 7) is 5.65. The molecule has 10 heteroatoms. The molecule has 5 nitrogen and oxygen atoms in total. The van der Waals surface area contributed by atoms with E-state index in [1.54, 1.807) is 11.0 Å². The molecule has 3 unspecified atom stereocenters. The van der Waals surface area contributed by atoms with Crippen LogP contribution in [0.15, 0.2) is 28.5 Å². The average molecular weight is 436 g/mol. The Morgan fingerprint density at radius 1 is 1.28 bits per heavy atom. The van der Waals surface area contributed by atoms with Crippen molar-refractivity contribution < 1.29 is 22.4 Å². The summed E-state index contributed by atoms with van der Waals surface area (Å²) in [5.41, 5.74) is -0.808. The van der Waals surface area contributed by atoms with E-state index < -0.39 is 23.1 Å². The third-order valence-corrected chi connectivity index (χ3v) is 5.88. The molecular weight excluding hydrogens is 407 g/mol. The fourth-order valence-electron chi connectivity index (χ4n) is 3.43. The first kappa shape index (κ1) is 23.8. The Kier molecular flexibility index (Phi) is 8.23. The zero-order chi connectivity index (χ0) is 21.7. The third-order valence-electron chi connectivity index (χ3n) is 5.19. The van der Waals surface area contributed by atoms with E-state index in [0.717, 1.165) is 12.3 Å². The summed E-state index contributed by atoms with van der Waals surface area (Å²) in [7, 11) is 2.17. The van der Waals surface area contributed by atoms with E-state index in [0.29, 0.717) is 51.5 Å². The number of carbonyl (C=O) groups is 1. The molecule has 2 saturated heterocycles. The van der Waals surface area contributed by atoms with Gasteiger partial charge in [0.05, 0.1) is 11.5 Å². The van der Waals surface area contributed by atoms with Crippen LogP contribution in [0.25, 0.3) is 0 Å². The highest BCUT2D eigenvalue weighted by Gasteiger charge is 2.43. The zero-order valence-electron chi connectivity index (χ0n) is 16.8. The molecule has 2 aliphatic heterocycles. The van der Waals surface area contributed by atoms with Gasteiger partial charge >= 0.3 is 6.18 Å². The van der Waals surface area contributed by atoms with Crippen molar-refractivity contribution >= 4 is 21.4 Å². The summed E-state index contributed by atoms with van der Waals surface area (Å²) in [4.78, 5) is 20.3. The molecule has 0 aliphatic carbocycles. The molecule has 0 bridgehead atoms. The minimum absolute atomic E-state index is 0.229. The summed E-state index contributed by atoms with van der Waals surface area (Å²) in [6.07, 6.45) is 0.00283. The number of allylic oxidation sites excluding steroid dienone is 3. The van der Waals surface area contributed by atoms with Crippen LogP contribution >= 0.6 is 9.24 Å². The van der Waals surface area contributed by atoms with Gasteiger partial charge in [0.15, 0.2) is 0 Å². The van der Waals surface area contributed by atoms with Crippen LogP contribution < -0.4 is 5.32 Å². The number of hydrogen-bond donors (Lipinski definition) is 1. The fourth-order valence-corrected chi connectivity index (χ4v) is 3.84. The second-order valence-electron chi connectivity index (χ2n) is 7.22. The highest BCUT2D eigenvalue weighted by molar-refractivity contribution is 7.18. The van der Waals surface area contributed by atoms with E-state index in [-0.39, 0.29) is 12.3 Å². The predicted octanol–water partition coefficient (Wildman–Crippen LogP) is 3.11. The first-order chi connectivity index (χ1) is 13.6. The molecule has 0 radical (unpaired) electrons. The van der Waals surface area contributed by atoms with Crippen molar-refractivity contribution in [1.82, 2.24) is 15.1 Å². The number of piperidine rings is 1. The maximum atomic E-state index is 14.7. The number of aliphatic imine (C=N–C) groups is 1. The van der Waals surface area contributed by atoms with Gasteiger partial charge in [0.1, 0.15) is 11.2 Å². The first-order valence-corrected chi connectivity index (χ1v) is 10.4. The largest absolute Gasteiger partial charge is 0.417 e. The quantitative estimate of drug-likeness (QED) is 0.409. The van der Waals surface area contributed by atoms with E-state index >= 15 is 0 Å². The van der Waals surface area contributed by atoms with E-state index in [9.17, 15) is 22.4 Å². The lowest BCUT2D eigenvalue weighted by molar-refractivity contribution is -0.140. The summed E-state index contributed by atoms with van der Waals surface area (Å²) in [5.74, 6) is -0.527. The Morgan fingerprint density at radius 3 is 2.41 bits per heavy atom. The molecule has 164 valence electrons. The van der Waals surface area contributed by atoms with Crippen LogP contribution in [0.2, 0.25) is 0 Å². The zero-order valence-corrected chi connectivity index (χ0v) is 18.0. The number of rotatable bonds is 5. The predicted molar refractivity (Wildman–Crippen MR) is 109 cm³/mol. The molecule has 2 rings (SSSR count). The van der Waals surface area contributed by atoms with Crippen molar-refractivity contribution in [1.29, 1.82) is 0 Å². The number of alkyl halides is 4. The van der Waals surface area contributed by atoms with Gasteiger partial charge in [-0.25, -0.2) is 9.38 Å². The average Bonchev–Trinajstić information content (AvgIpc) is 2.66. The van der Waals surface area contributed by atoms with Crippen molar-refractivity contribution in [3.8, 4) is 0 Å². The van der Waals surface area contributed by atoms with Crippen molar-refractivity contribution in [2.45, 2.75) is 38.3 Å². The van der Waals surface area contributed by atoms with E-state index in [4.69, 9.17) is 0 Å². The molecule has 2 heterocycles. The molecule has 0 aromatic rings. The van der Waals surface area contributed by atoms with Crippen molar-refractivity contribution in [2.75, 3.05) is 39.3 Å². The summed E-state index contributed by atoms with van der Waals surface area (Å²) < 4.78 is 53.4. The Bertz CT molecular complexity index is 668. The molecular formula is C19H29F4N4OP. The fraction of sp³-hybridized carbons (Fsp3) is 0.684. The van der Waals surface area contributed by atoms with Gasteiger partial charge in [-0.05, 0) is 32.4 Å². The first-order valence-electron chi connectivity index (χ1n) is 9.80. The van der Waals surface area contributed by atoms with Crippen LogP contribution in [0.4, 0.5) is 17.6 Å². The lowest BCUT2D eigenvalue weighted by Crippen LogP contribution is -2.56. The van der Waals surface area contributed by atoms with Gasteiger partial charge in [-0.15, -0.1) is 0 Å². The highest BCUT2D eigenvalue weighted by atomic mass is 31.0. The number of nitrogens with one attached hydrogen (secondary N) is 1. The van der Waals surface area contributed by atoms with Crippen LogP contribution in [-0.2, 0) is 4.79 Å². The molecule has 0 spiro atoms. The van der Waals surface area contributed by atoms with Gasteiger partial charge in [0.2, 0.25) is 5.91 Å². The molecule has 0 aromatic heterocycles. The second kappa shape index (κ2) is 10.0. The van der Waals surface area contributed by atoms with Crippen molar-refractivity contribution in [3.05, 3.63) is 23.5 Å². The van der Waals surface area contributed by atoms with Crippen molar-refractivity contribution in [2.24, 2.45) is 10.9 Å². The van der Waals surface area contributed by atoms with Crippen LogP contribution in [0, 0.1) is 5.92 Å². The number of halogens is 4. The van der Waals surface area contributed by atoms with Crippen LogP contribution in [-0.4, -0.2) is 72.8 Å². The molecule has 29 heavy (non-hydrogen) atoms. The molecule has 1 N–H and O–H groups in total. The van der Waals surface area contributed by atoms with Gasteiger partial charge < -0.3 is 15.1 Å². The molecule has 0 saturated carbocycles. The van der Waals surface area contributed by atoms with Crippen LogP contribution in [0.1, 0.15) is 26.7 Å². The molecule has 3 atom stereocenters. The lowest BCUT2D eigenvalue weighted by atomic mass is 9.94. The van der Waals surface area contributed by atoms with Gasteiger partial charge in [0, 0.05) is 38.9 Å². The number of amides is 1. The normalized spacial score (nSPS) is 27.6. The van der Waals surface area contributed by atoms with E-state index in [1.165, 1.54) is 6.92 Å². The SMILES string of the molecule is C\C=C(/C=N\C(=C/CC)N1CCN(C(=O)C2CNCCC2(F)P)CC1)C(F)(F)F. The minimum Gasteiger partial charge on any atom is -0.353 e. The molecule has 2 fully saturated rings. The van der Waals surface area contributed by atoms with Crippen LogP contribution in [0.3, 0.4) is 0 Å². The standard InChI is InChI=1S/C19H29F4N4OP/c1-3-5-16(25-12-14(4-2)19(21,22)23)26-8-10-27(11-9-26)17(28)15-13-24-7-6-18(15,20)29/h4-5,12,15,24H,3,6-11,13,29H2,1-2H3/b14-4+,16-5+,25-12-. The van der Waals surface area contributed by atoms with E-state index in [1.807, 2.05) is 11.8 Å². The lowest BCUT2D eigenvalue weighted by Gasteiger charge is -2.41. The Balaban J connectivity index is 2.02. The number of carbonyl (C=O) groups excluding carboxylic acids is 1. The number of nitrogens with zero attached hydrogens (tertiary/aromatic N) is 3. The molecule has 2 aliphatic rings. The second-order valence-corrected chi connectivity index (χ2v) is 8.18. The molecule has 0 aromatic carbocycles. The Labute approximate surface area is 171 Å². The van der Waals surface area contributed by atoms with Crippen LogP contribution in [0.5, 0.6) is 0 Å². The minimum atomic E-state index is -4.45. The monoisotopic (exact) mass is 436 g/mol. The summed E-state index contributed by atoms with van der Waals surface area (Å²) in [5, 5.41) is 1.45. The Hall–Kier alpha value is -1.47. The maximum absolute atomic E-state index is 14.7. The molecule has 1 amide bonds. The number of hydrogen-bond acceptors (Lipinski definition) is 4. The smallest absolute Gasteiger partial charge is 0.353 e. The summed E-state index contributed by atoms with van der Waals surface area (Å²) >= 11 is 0. The van der Waals surface area contributed by atoms with Gasteiger partial charge in [-0.2, -0.15) is 13.2 Å². The maximum Gasteiger partial charge on any atom is 0.417 e. The summed E-state index contributed by atoms with van der Waals surface area (Å²) in [6, 6.07) is 0. The highest BCUT2D eigenvalue weighted by Crippen LogP contribution is 2.36. The van der Waals surface area contributed by atoms with Gasteiger partial charge in [-0.1, -0.05) is 22.2 Å². The van der Waals surface area contributed by atoms with Gasteiger partial charge in [-0.3, -0.25) is 4.79 Å². The topological polar surface area (TPSA) is 47.9 Å². The Morgan fingerprint density at radius 2 is 1.90 bits per heavy atom. The number of piperazine rings is 1. The van der Waals surface area contributed by atoms with Gasteiger partial charge in [0.25, 0.3) is 0 Å². The third kappa shape index (κ3) is 6.25.